The van der Waals surface area contributed by atoms with Crippen molar-refractivity contribution >= 4 is 26.7 Å². The van der Waals surface area contributed by atoms with Crippen molar-refractivity contribution in [3.63, 3.8) is 0 Å². The summed E-state index contributed by atoms with van der Waals surface area (Å²) >= 11 is 0. The number of hydrogen-bond acceptors (Lipinski definition) is 6. The number of carbonyl (C=O) groups is 3. The second-order valence-electron chi connectivity index (χ2n) is 2.96. The molecule has 0 saturated carbocycles. The van der Waals surface area contributed by atoms with E-state index >= 15 is 0 Å². The molecule has 0 N–H and O–H groups in total. The highest BCUT2D eigenvalue weighted by Gasteiger charge is 2.49. The topological polar surface area (TPSA) is 78.9 Å². The first kappa shape index (κ1) is 15.1. The number of carbonyl (C=O) groups excluding carboxylic acids is 3. The van der Waals surface area contributed by atoms with Crippen molar-refractivity contribution in [2.45, 2.75) is 20.3 Å². The van der Waals surface area contributed by atoms with Crippen LogP contribution in [-0.4, -0.2) is 26.7 Å². The number of rotatable bonds is 6. The van der Waals surface area contributed by atoms with E-state index in [9.17, 15) is 14.4 Å². The van der Waals surface area contributed by atoms with Crippen LogP contribution in [0.15, 0.2) is 24.9 Å². The monoisotopic (exact) mass is 258 g/mol. The smallest absolute Gasteiger partial charge is 0.452 e. The Balaban J connectivity index is 4.96. The van der Waals surface area contributed by atoms with Crippen LogP contribution in [0.2, 0.25) is 0 Å². The largest absolute Gasteiger partial charge is 0.734 e. The van der Waals surface area contributed by atoms with Crippen LogP contribution >= 0.6 is 0 Å². The maximum atomic E-state index is 11.3. The van der Waals surface area contributed by atoms with Crippen LogP contribution in [0.4, 0.5) is 0 Å². The summed E-state index contributed by atoms with van der Waals surface area (Å²) in [6, 6.07) is 0. The van der Waals surface area contributed by atoms with Gasteiger partial charge in [-0.2, -0.15) is 0 Å². The Hall–Kier alpha value is -1.89. The molecule has 0 fully saturated rings. The fourth-order valence-electron chi connectivity index (χ4n) is 0.906. The van der Waals surface area contributed by atoms with Gasteiger partial charge in [-0.3, -0.25) is 14.4 Å². The minimum atomic E-state index is -3.83. The fraction of sp³-hybridized carbons (Fsp3) is 0.300. The Morgan fingerprint density at radius 2 is 1.53 bits per heavy atom. The SMILES string of the molecule is C=CCC(=O)O[Si](C=C)(OC(C)=O)OC(C)=O. The molecule has 0 aromatic rings. The molecular weight excluding hydrogens is 244 g/mol. The van der Waals surface area contributed by atoms with Crippen LogP contribution in [0.25, 0.3) is 0 Å². The Morgan fingerprint density at radius 3 is 1.82 bits per heavy atom. The first-order chi connectivity index (χ1) is 7.85. The maximum Gasteiger partial charge on any atom is 0.734 e. The van der Waals surface area contributed by atoms with E-state index in [1.54, 1.807) is 0 Å². The van der Waals surface area contributed by atoms with Gasteiger partial charge in [0.15, 0.2) is 0 Å². The average molecular weight is 258 g/mol. The van der Waals surface area contributed by atoms with Crippen LogP contribution in [0.1, 0.15) is 20.3 Å². The van der Waals surface area contributed by atoms with Crippen LogP contribution < -0.4 is 0 Å². The van der Waals surface area contributed by atoms with Gasteiger partial charge in [0.2, 0.25) is 0 Å². The summed E-state index contributed by atoms with van der Waals surface area (Å²) in [6.07, 6.45) is 1.22. The molecule has 0 spiro atoms. The molecule has 0 radical (unpaired) electrons. The van der Waals surface area contributed by atoms with Gasteiger partial charge in [-0.25, -0.2) is 0 Å². The third kappa shape index (κ3) is 5.66. The Labute approximate surface area is 100 Å². The molecule has 7 heteroatoms. The lowest BCUT2D eigenvalue weighted by Gasteiger charge is -2.23. The highest BCUT2D eigenvalue weighted by Crippen LogP contribution is 2.13. The first-order valence-corrected chi connectivity index (χ1v) is 6.51. The van der Waals surface area contributed by atoms with Gasteiger partial charge in [0.25, 0.3) is 11.9 Å². The minimum absolute atomic E-state index is 0.0921. The van der Waals surface area contributed by atoms with Crippen molar-refractivity contribution in [2.24, 2.45) is 0 Å². The molecule has 17 heavy (non-hydrogen) atoms. The first-order valence-electron chi connectivity index (χ1n) is 4.70. The quantitative estimate of drug-likeness (QED) is 0.520. The van der Waals surface area contributed by atoms with Crippen molar-refractivity contribution in [1.82, 2.24) is 0 Å². The lowest BCUT2D eigenvalue weighted by molar-refractivity contribution is -0.147. The van der Waals surface area contributed by atoms with Gasteiger partial charge in [0.05, 0.1) is 6.42 Å². The molecule has 0 rings (SSSR count). The molecule has 94 valence electrons. The van der Waals surface area contributed by atoms with E-state index in [4.69, 9.17) is 13.3 Å². The molecule has 0 aliphatic carbocycles. The normalized spacial score (nSPS) is 10.0. The maximum absolute atomic E-state index is 11.3. The van der Waals surface area contributed by atoms with Gasteiger partial charge >= 0.3 is 14.8 Å². The second kappa shape index (κ2) is 6.64. The molecule has 0 amide bonds. The Bertz CT molecular complexity index is 333. The Morgan fingerprint density at radius 1 is 1.06 bits per heavy atom. The van der Waals surface area contributed by atoms with E-state index in [2.05, 4.69) is 13.2 Å². The van der Waals surface area contributed by atoms with E-state index in [-0.39, 0.29) is 6.42 Å². The van der Waals surface area contributed by atoms with Crippen LogP contribution in [-0.2, 0) is 27.7 Å². The molecule has 0 bridgehead atoms. The summed E-state index contributed by atoms with van der Waals surface area (Å²) in [5, 5.41) is 0. The van der Waals surface area contributed by atoms with Gasteiger partial charge in [0, 0.05) is 19.5 Å². The lowest BCUT2D eigenvalue weighted by Crippen LogP contribution is -2.48. The molecular formula is C10H14O6Si. The van der Waals surface area contributed by atoms with E-state index in [1.165, 1.54) is 6.08 Å². The third-order valence-corrected chi connectivity index (χ3v) is 3.55. The standard InChI is InChI=1S/C10H14O6Si/c1-5-7-10(13)16-17(6-2,14-8(3)11)15-9(4)12/h5-6H,1-2,7H2,3-4H3. The zero-order valence-electron chi connectivity index (χ0n) is 9.73. The van der Waals surface area contributed by atoms with Gasteiger partial charge in [-0.1, -0.05) is 12.7 Å². The lowest BCUT2D eigenvalue weighted by atomic mass is 10.4. The fourth-order valence-corrected chi connectivity index (χ4v) is 2.48. The summed E-state index contributed by atoms with van der Waals surface area (Å²) < 4.78 is 14.4. The van der Waals surface area contributed by atoms with E-state index in [0.717, 1.165) is 19.5 Å². The van der Waals surface area contributed by atoms with Crippen molar-refractivity contribution in [3.05, 3.63) is 24.9 Å². The van der Waals surface area contributed by atoms with Crippen molar-refractivity contribution in [1.29, 1.82) is 0 Å². The van der Waals surface area contributed by atoms with Crippen LogP contribution in [0, 0.1) is 0 Å². The van der Waals surface area contributed by atoms with Crippen molar-refractivity contribution < 1.29 is 27.7 Å². The highest BCUT2D eigenvalue weighted by molar-refractivity contribution is 6.70. The summed E-state index contributed by atoms with van der Waals surface area (Å²) in [4.78, 5) is 33.1. The molecule has 0 heterocycles. The third-order valence-electron chi connectivity index (χ3n) is 1.39. The zero-order chi connectivity index (χ0) is 13.5. The van der Waals surface area contributed by atoms with Crippen LogP contribution in [0.5, 0.6) is 0 Å². The van der Waals surface area contributed by atoms with Crippen LogP contribution in [0.3, 0.4) is 0 Å². The molecule has 0 aliphatic heterocycles. The highest BCUT2D eigenvalue weighted by atomic mass is 28.4. The Kier molecular flexibility index (Phi) is 5.90. The second-order valence-corrected chi connectivity index (χ2v) is 5.19. The minimum Gasteiger partial charge on any atom is -0.452 e. The summed E-state index contributed by atoms with van der Waals surface area (Å²) in [7, 11) is -3.83. The van der Waals surface area contributed by atoms with Gasteiger partial charge in [0.1, 0.15) is 0 Å². The molecule has 0 aromatic carbocycles. The predicted octanol–water partition coefficient (Wildman–Crippen LogP) is 0.896. The molecule has 0 atom stereocenters. The number of hydrogen-bond donors (Lipinski definition) is 0. The molecule has 6 nitrogen and oxygen atoms in total. The van der Waals surface area contributed by atoms with E-state index in [0.29, 0.717) is 0 Å². The van der Waals surface area contributed by atoms with E-state index in [1.807, 2.05) is 0 Å². The van der Waals surface area contributed by atoms with Crippen molar-refractivity contribution in [2.75, 3.05) is 0 Å². The average Bonchev–Trinajstić information content (AvgIpc) is 2.15. The summed E-state index contributed by atoms with van der Waals surface area (Å²) in [5.41, 5.74) is 1.04. The molecule has 0 aromatic heterocycles. The molecule has 0 unspecified atom stereocenters. The van der Waals surface area contributed by atoms with Gasteiger partial charge < -0.3 is 13.3 Å². The van der Waals surface area contributed by atoms with Gasteiger partial charge in [-0.15, -0.1) is 6.58 Å². The zero-order valence-corrected chi connectivity index (χ0v) is 10.7. The summed E-state index contributed by atoms with van der Waals surface area (Å²) in [5.74, 6) is -2.18. The predicted molar refractivity (Wildman–Crippen MR) is 60.4 cm³/mol. The van der Waals surface area contributed by atoms with Crippen molar-refractivity contribution in [3.8, 4) is 0 Å². The molecule has 0 saturated heterocycles. The van der Waals surface area contributed by atoms with Gasteiger partial charge in [-0.05, 0) is 0 Å². The molecule has 0 aliphatic rings. The van der Waals surface area contributed by atoms with E-state index < -0.39 is 26.7 Å². The summed E-state index contributed by atoms with van der Waals surface area (Å²) in [6.45, 7) is 8.92.